The van der Waals surface area contributed by atoms with Gasteiger partial charge in [0.15, 0.2) is 17.5 Å². The zero-order valence-corrected chi connectivity index (χ0v) is 28.4. The van der Waals surface area contributed by atoms with Crippen LogP contribution in [-0.4, -0.2) is 15.0 Å². The van der Waals surface area contributed by atoms with Gasteiger partial charge in [0.05, 0.1) is 0 Å². The molecule has 8 aromatic carbocycles. The van der Waals surface area contributed by atoms with Crippen LogP contribution in [0, 0.1) is 0 Å². The number of nitrogens with zero attached hydrogens (tertiary/aromatic N) is 3. The number of rotatable bonds is 4. The van der Waals surface area contributed by atoms with Gasteiger partial charge in [0, 0.05) is 22.1 Å². The molecule has 1 heterocycles. The lowest BCUT2D eigenvalue weighted by molar-refractivity contribution is 0.661. The lowest BCUT2D eigenvalue weighted by Gasteiger charge is -2.23. The Labute approximate surface area is 297 Å². The first-order valence-corrected chi connectivity index (χ1v) is 17.5. The predicted octanol–water partition coefficient (Wildman–Crippen LogP) is 12.3. The summed E-state index contributed by atoms with van der Waals surface area (Å²) in [5, 5.41) is 7.71. The molecule has 0 fully saturated rings. The van der Waals surface area contributed by atoms with Gasteiger partial charge in [-0.2, -0.15) is 0 Å². The van der Waals surface area contributed by atoms with Crippen LogP contribution in [0.2, 0.25) is 0 Å². The second kappa shape index (κ2) is 11.3. The smallest absolute Gasteiger partial charge is 0.164 e. The molecule has 0 aliphatic heterocycles. The highest BCUT2D eigenvalue weighted by molar-refractivity contribution is 6.26. The normalized spacial score (nSPS) is 13.1. The molecule has 0 amide bonds. The first-order chi connectivity index (χ1) is 25.0. The van der Waals surface area contributed by atoms with Crippen molar-refractivity contribution in [3.63, 3.8) is 0 Å². The van der Waals surface area contributed by atoms with Crippen molar-refractivity contribution < 1.29 is 0 Å². The van der Waals surface area contributed by atoms with Crippen molar-refractivity contribution in [2.45, 2.75) is 19.3 Å². The molecule has 0 radical (unpaired) electrons. The molecule has 10 rings (SSSR count). The second-order valence-corrected chi connectivity index (χ2v) is 14.0. The Morgan fingerprint density at radius 3 is 1.39 bits per heavy atom. The highest BCUT2D eigenvalue weighted by Gasteiger charge is 2.36. The molecule has 3 heteroatoms. The summed E-state index contributed by atoms with van der Waals surface area (Å²) in [6.45, 7) is 4.70. The fourth-order valence-corrected chi connectivity index (χ4v) is 8.07. The monoisotopic (exact) mass is 651 g/mol. The molecular formula is C48H33N3. The number of benzene rings is 8. The fourth-order valence-electron chi connectivity index (χ4n) is 8.07. The summed E-state index contributed by atoms with van der Waals surface area (Å²) in [7, 11) is 0. The van der Waals surface area contributed by atoms with E-state index in [0.29, 0.717) is 17.5 Å². The maximum absolute atomic E-state index is 5.05. The SMILES string of the molecule is CC1(C)c2cc(-c3nc(-c4ccccc4)nc(-c4ccccc4)n3)ccc2-c2cc3c4cc(-c5ccccc5)ccc4c4ccccc4c3cc21. The lowest BCUT2D eigenvalue weighted by atomic mass is 9.80. The van der Waals surface area contributed by atoms with E-state index in [4.69, 9.17) is 15.0 Å². The van der Waals surface area contributed by atoms with Crippen molar-refractivity contribution in [3.8, 4) is 56.4 Å². The molecule has 1 aliphatic carbocycles. The van der Waals surface area contributed by atoms with Crippen molar-refractivity contribution >= 4 is 32.3 Å². The van der Waals surface area contributed by atoms with Crippen molar-refractivity contribution in [2.75, 3.05) is 0 Å². The van der Waals surface area contributed by atoms with Gasteiger partial charge in [-0.05, 0) is 90.0 Å². The van der Waals surface area contributed by atoms with E-state index in [-0.39, 0.29) is 5.41 Å². The molecular weight excluding hydrogens is 619 g/mol. The maximum Gasteiger partial charge on any atom is 0.164 e. The molecule has 0 atom stereocenters. The molecule has 0 saturated heterocycles. The molecule has 3 nitrogen and oxygen atoms in total. The van der Waals surface area contributed by atoms with Gasteiger partial charge in [0.1, 0.15) is 0 Å². The summed E-state index contributed by atoms with van der Waals surface area (Å²) in [4.78, 5) is 15.0. The highest BCUT2D eigenvalue weighted by Crippen LogP contribution is 2.52. The second-order valence-electron chi connectivity index (χ2n) is 14.0. The van der Waals surface area contributed by atoms with Crippen molar-refractivity contribution in [1.82, 2.24) is 15.0 Å². The zero-order valence-electron chi connectivity index (χ0n) is 28.4. The summed E-state index contributed by atoms with van der Waals surface area (Å²) in [6, 6.07) is 58.5. The van der Waals surface area contributed by atoms with E-state index in [1.807, 2.05) is 36.4 Å². The standard InChI is InChI=1S/C48H33N3/c1-48(2)43-27-34(47-50-45(31-16-8-4-9-17-31)49-46(51-47)32-18-10-5-11-19-32)23-25-38(43)42-28-40-39-26-33(30-14-6-3-7-15-30)22-24-37(39)35-20-12-13-21-36(35)41(40)29-44(42)48/h3-29H,1-2H3. The Balaban J connectivity index is 1.18. The molecule has 0 unspecified atom stereocenters. The minimum absolute atomic E-state index is 0.228. The third kappa shape index (κ3) is 4.69. The third-order valence-corrected chi connectivity index (χ3v) is 10.7. The summed E-state index contributed by atoms with van der Waals surface area (Å²) < 4.78 is 0. The topological polar surface area (TPSA) is 38.7 Å². The Morgan fingerprint density at radius 2 is 0.765 bits per heavy atom. The largest absolute Gasteiger partial charge is 0.208 e. The Morgan fingerprint density at radius 1 is 0.314 bits per heavy atom. The number of hydrogen-bond acceptors (Lipinski definition) is 3. The molecule has 0 saturated carbocycles. The van der Waals surface area contributed by atoms with Gasteiger partial charge in [-0.15, -0.1) is 0 Å². The van der Waals surface area contributed by atoms with Gasteiger partial charge in [0.25, 0.3) is 0 Å². The van der Waals surface area contributed by atoms with E-state index in [1.54, 1.807) is 0 Å². The first-order valence-electron chi connectivity index (χ1n) is 17.5. The van der Waals surface area contributed by atoms with Gasteiger partial charge in [-0.1, -0.05) is 153 Å². The average Bonchev–Trinajstić information content (AvgIpc) is 3.42. The van der Waals surface area contributed by atoms with E-state index in [2.05, 4.69) is 141 Å². The van der Waals surface area contributed by atoms with Crippen LogP contribution in [0.15, 0.2) is 164 Å². The first kappa shape index (κ1) is 29.5. The zero-order chi connectivity index (χ0) is 34.1. The Hall–Kier alpha value is -6.45. The Kier molecular flexibility index (Phi) is 6.53. The van der Waals surface area contributed by atoms with Crippen molar-refractivity contribution in [3.05, 3.63) is 175 Å². The van der Waals surface area contributed by atoms with Crippen LogP contribution in [0.1, 0.15) is 25.0 Å². The molecule has 0 N–H and O–H groups in total. The van der Waals surface area contributed by atoms with E-state index >= 15 is 0 Å². The predicted molar refractivity (Wildman–Crippen MR) is 212 cm³/mol. The molecule has 0 spiro atoms. The molecule has 1 aromatic heterocycles. The quantitative estimate of drug-likeness (QED) is 0.178. The summed E-state index contributed by atoms with van der Waals surface area (Å²) in [5.74, 6) is 2.01. The minimum Gasteiger partial charge on any atom is -0.208 e. The number of hydrogen-bond donors (Lipinski definition) is 0. The molecule has 240 valence electrons. The van der Waals surface area contributed by atoms with Crippen LogP contribution >= 0.6 is 0 Å². The van der Waals surface area contributed by atoms with Crippen LogP contribution in [0.3, 0.4) is 0 Å². The van der Waals surface area contributed by atoms with Crippen LogP contribution in [-0.2, 0) is 5.41 Å². The van der Waals surface area contributed by atoms with E-state index in [1.165, 1.54) is 65.7 Å². The van der Waals surface area contributed by atoms with Gasteiger partial charge in [0.2, 0.25) is 0 Å². The fraction of sp³-hybridized carbons (Fsp3) is 0.0625. The van der Waals surface area contributed by atoms with Crippen molar-refractivity contribution in [2.24, 2.45) is 0 Å². The van der Waals surface area contributed by atoms with Crippen LogP contribution < -0.4 is 0 Å². The minimum atomic E-state index is -0.228. The van der Waals surface area contributed by atoms with Crippen LogP contribution in [0.25, 0.3) is 88.7 Å². The highest BCUT2D eigenvalue weighted by atomic mass is 15.0. The van der Waals surface area contributed by atoms with Gasteiger partial charge in [-0.25, -0.2) is 15.0 Å². The van der Waals surface area contributed by atoms with E-state index in [0.717, 1.165) is 16.7 Å². The number of aromatic nitrogens is 3. The maximum atomic E-state index is 5.05. The van der Waals surface area contributed by atoms with E-state index < -0.39 is 0 Å². The summed E-state index contributed by atoms with van der Waals surface area (Å²) >= 11 is 0. The van der Waals surface area contributed by atoms with Crippen molar-refractivity contribution in [1.29, 1.82) is 0 Å². The molecule has 1 aliphatic rings. The van der Waals surface area contributed by atoms with Gasteiger partial charge >= 0.3 is 0 Å². The van der Waals surface area contributed by atoms with Crippen LogP contribution in [0.4, 0.5) is 0 Å². The molecule has 9 aromatic rings. The third-order valence-electron chi connectivity index (χ3n) is 10.7. The van der Waals surface area contributed by atoms with E-state index in [9.17, 15) is 0 Å². The average molecular weight is 652 g/mol. The summed E-state index contributed by atoms with van der Waals surface area (Å²) in [6.07, 6.45) is 0. The van der Waals surface area contributed by atoms with Gasteiger partial charge < -0.3 is 0 Å². The Bertz CT molecular complexity index is 2750. The van der Waals surface area contributed by atoms with Gasteiger partial charge in [-0.3, -0.25) is 0 Å². The molecule has 0 bridgehead atoms. The molecule has 51 heavy (non-hydrogen) atoms. The van der Waals surface area contributed by atoms with Crippen LogP contribution in [0.5, 0.6) is 0 Å². The number of fused-ring (bicyclic) bond motifs is 9. The summed E-state index contributed by atoms with van der Waals surface area (Å²) in [5.41, 5.74) is 10.3. The lowest BCUT2D eigenvalue weighted by Crippen LogP contribution is -2.15.